The van der Waals surface area contributed by atoms with Crippen molar-refractivity contribution in [2.75, 3.05) is 30.4 Å². The Labute approximate surface area is 116 Å². The highest BCUT2D eigenvalue weighted by molar-refractivity contribution is 5.90. The van der Waals surface area contributed by atoms with Gasteiger partial charge in [-0.25, -0.2) is 0 Å². The van der Waals surface area contributed by atoms with E-state index in [9.17, 15) is 4.79 Å². The minimum atomic E-state index is -0.396. The smallest absolute Gasteiger partial charge is 0.236 e. The number of carbonyl (C=O) groups excluding carboxylic acids is 1. The summed E-state index contributed by atoms with van der Waals surface area (Å²) in [5.41, 5.74) is 5.96. The van der Waals surface area contributed by atoms with E-state index in [1.165, 1.54) is 0 Å². The molecule has 0 aliphatic heterocycles. The lowest BCUT2D eigenvalue weighted by Crippen LogP contribution is -2.37. The minimum absolute atomic E-state index is 0.110. The topological polar surface area (TPSA) is 113 Å². The number of rotatable bonds is 6. The van der Waals surface area contributed by atoms with Crippen LogP contribution in [0.25, 0.3) is 11.0 Å². The van der Waals surface area contributed by atoms with Crippen molar-refractivity contribution in [3.8, 4) is 0 Å². The van der Waals surface area contributed by atoms with E-state index in [0.29, 0.717) is 29.9 Å². The zero-order valence-electron chi connectivity index (χ0n) is 11.8. The molecule has 0 atom stereocenters. The molecule has 2 rings (SSSR count). The van der Waals surface area contributed by atoms with Crippen molar-refractivity contribution in [2.45, 2.75) is 13.8 Å². The molecule has 0 aromatic carbocycles. The molecule has 2 heterocycles. The molecule has 0 aliphatic rings. The number of aromatic amines is 1. The number of nitrogens with two attached hydrogens (primary N) is 1. The molecule has 2 aromatic rings. The number of nitrogens with zero attached hydrogens (tertiary/aromatic N) is 4. The van der Waals surface area contributed by atoms with Crippen molar-refractivity contribution in [1.82, 2.24) is 20.2 Å². The molecule has 0 radical (unpaired) electrons. The summed E-state index contributed by atoms with van der Waals surface area (Å²) in [5, 5.41) is 10.5. The second kappa shape index (κ2) is 5.72. The van der Waals surface area contributed by atoms with Crippen LogP contribution in [0.4, 0.5) is 11.8 Å². The molecule has 108 valence electrons. The van der Waals surface area contributed by atoms with E-state index in [2.05, 4.69) is 39.3 Å². The van der Waals surface area contributed by atoms with Crippen LogP contribution in [0.3, 0.4) is 0 Å². The minimum Gasteiger partial charge on any atom is -0.368 e. The SMILES string of the molecule is CNc1nc(N(CC(N)=O)CC(C)C)c2cn[nH]c2n1. The maximum Gasteiger partial charge on any atom is 0.236 e. The van der Waals surface area contributed by atoms with E-state index in [4.69, 9.17) is 5.73 Å². The van der Waals surface area contributed by atoms with Gasteiger partial charge in [0, 0.05) is 13.6 Å². The van der Waals surface area contributed by atoms with Gasteiger partial charge in [0.05, 0.1) is 18.1 Å². The fourth-order valence-electron chi connectivity index (χ4n) is 2.03. The quantitative estimate of drug-likeness (QED) is 0.702. The normalized spacial score (nSPS) is 11.0. The van der Waals surface area contributed by atoms with Gasteiger partial charge in [-0.1, -0.05) is 13.8 Å². The molecule has 4 N–H and O–H groups in total. The molecule has 0 spiro atoms. The molecule has 8 nitrogen and oxygen atoms in total. The van der Waals surface area contributed by atoms with Crippen molar-refractivity contribution in [3.05, 3.63) is 6.20 Å². The van der Waals surface area contributed by atoms with Crippen LogP contribution in [-0.4, -0.2) is 46.2 Å². The first kappa shape index (κ1) is 14.0. The van der Waals surface area contributed by atoms with Gasteiger partial charge in [0.25, 0.3) is 0 Å². The van der Waals surface area contributed by atoms with Crippen LogP contribution in [0.2, 0.25) is 0 Å². The summed E-state index contributed by atoms with van der Waals surface area (Å²) in [7, 11) is 1.74. The van der Waals surface area contributed by atoms with Crippen molar-refractivity contribution in [3.63, 3.8) is 0 Å². The van der Waals surface area contributed by atoms with Crippen LogP contribution in [0, 0.1) is 5.92 Å². The van der Waals surface area contributed by atoms with E-state index in [1.54, 1.807) is 13.2 Å². The molecular weight excluding hydrogens is 258 g/mol. The predicted octanol–water partition coefficient (Wildman–Crippen LogP) is 0.342. The standard InChI is InChI=1S/C12H19N7O/c1-7(2)5-19(6-9(13)20)11-8-4-15-18-10(8)16-12(14-3)17-11/h4,7H,5-6H2,1-3H3,(H2,13,20)(H2,14,15,16,17,18). The Balaban J connectivity index is 2.49. The molecule has 0 saturated carbocycles. The largest absolute Gasteiger partial charge is 0.368 e. The summed E-state index contributed by atoms with van der Waals surface area (Å²) < 4.78 is 0. The fraction of sp³-hybridized carbons (Fsp3) is 0.500. The summed E-state index contributed by atoms with van der Waals surface area (Å²) in [6.45, 7) is 4.92. The third-order valence-electron chi connectivity index (χ3n) is 2.75. The number of aromatic nitrogens is 4. The zero-order valence-corrected chi connectivity index (χ0v) is 11.8. The lowest BCUT2D eigenvalue weighted by atomic mass is 10.2. The predicted molar refractivity (Wildman–Crippen MR) is 77.5 cm³/mol. The molecule has 0 bridgehead atoms. The van der Waals surface area contributed by atoms with Crippen LogP contribution < -0.4 is 16.0 Å². The first-order valence-electron chi connectivity index (χ1n) is 6.43. The number of H-pyrrole nitrogens is 1. The van der Waals surface area contributed by atoms with Crippen LogP contribution in [0.5, 0.6) is 0 Å². The highest BCUT2D eigenvalue weighted by Gasteiger charge is 2.18. The van der Waals surface area contributed by atoms with E-state index in [-0.39, 0.29) is 6.54 Å². The third kappa shape index (κ3) is 2.95. The first-order chi connectivity index (χ1) is 9.51. The molecule has 0 saturated heterocycles. The Kier molecular flexibility index (Phi) is 4.02. The Bertz CT molecular complexity index is 607. The fourth-order valence-corrected chi connectivity index (χ4v) is 2.03. The van der Waals surface area contributed by atoms with Crippen LogP contribution in [-0.2, 0) is 4.79 Å². The van der Waals surface area contributed by atoms with Gasteiger partial charge < -0.3 is 16.0 Å². The average Bonchev–Trinajstić information content (AvgIpc) is 2.83. The van der Waals surface area contributed by atoms with Gasteiger partial charge in [0.15, 0.2) is 5.65 Å². The molecule has 20 heavy (non-hydrogen) atoms. The summed E-state index contributed by atoms with van der Waals surface area (Å²) in [6.07, 6.45) is 1.65. The molecule has 8 heteroatoms. The Morgan fingerprint density at radius 1 is 1.50 bits per heavy atom. The van der Waals surface area contributed by atoms with Crippen LogP contribution in [0.15, 0.2) is 6.20 Å². The number of hydrogen-bond donors (Lipinski definition) is 3. The third-order valence-corrected chi connectivity index (χ3v) is 2.75. The molecule has 0 fully saturated rings. The highest BCUT2D eigenvalue weighted by atomic mass is 16.1. The molecule has 1 amide bonds. The monoisotopic (exact) mass is 277 g/mol. The van der Waals surface area contributed by atoms with Crippen molar-refractivity contribution < 1.29 is 4.79 Å². The van der Waals surface area contributed by atoms with Crippen molar-refractivity contribution in [1.29, 1.82) is 0 Å². The summed E-state index contributed by atoms with van der Waals surface area (Å²) in [5.74, 6) is 1.09. The Morgan fingerprint density at radius 3 is 2.85 bits per heavy atom. The Hall–Kier alpha value is -2.38. The number of anilines is 2. The van der Waals surface area contributed by atoms with Gasteiger partial charge in [-0.05, 0) is 5.92 Å². The molecule has 0 aliphatic carbocycles. The summed E-state index contributed by atoms with van der Waals surface area (Å²) in [4.78, 5) is 21.9. The highest BCUT2D eigenvalue weighted by Crippen LogP contribution is 2.24. The van der Waals surface area contributed by atoms with Gasteiger partial charge >= 0.3 is 0 Å². The number of hydrogen-bond acceptors (Lipinski definition) is 6. The molecular formula is C12H19N7O. The number of carbonyl (C=O) groups is 1. The number of amides is 1. The maximum atomic E-state index is 11.3. The second-order valence-corrected chi connectivity index (χ2v) is 4.99. The zero-order chi connectivity index (χ0) is 14.7. The van der Waals surface area contributed by atoms with Gasteiger partial charge in [0.2, 0.25) is 11.9 Å². The van der Waals surface area contributed by atoms with E-state index >= 15 is 0 Å². The molecule has 2 aromatic heterocycles. The average molecular weight is 277 g/mol. The van der Waals surface area contributed by atoms with E-state index in [0.717, 1.165) is 5.39 Å². The van der Waals surface area contributed by atoms with E-state index < -0.39 is 5.91 Å². The van der Waals surface area contributed by atoms with E-state index in [1.807, 2.05) is 4.90 Å². The van der Waals surface area contributed by atoms with Gasteiger partial charge in [0.1, 0.15) is 5.82 Å². The summed E-state index contributed by atoms with van der Waals surface area (Å²) >= 11 is 0. The summed E-state index contributed by atoms with van der Waals surface area (Å²) in [6, 6.07) is 0. The van der Waals surface area contributed by atoms with Gasteiger partial charge in [-0.2, -0.15) is 15.1 Å². The number of fused-ring (bicyclic) bond motifs is 1. The molecule has 0 unspecified atom stereocenters. The van der Waals surface area contributed by atoms with Gasteiger partial charge in [-0.3, -0.25) is 9.89 Å². The van der Waals surface area contributed by atoms with Gasteiger partial charge in [-0.15, -0.1) is 0 Å². The van der Waals surface area contributed by atoms with Crippen molar-refractivity contribution >= 4 is 28.7 Å². The first-order valence-corrected chi connectivity index (χ1v) is 6.43. The number of primary amides is 1. The lowest BCUT2D eigenvalue weighted by molar-refractivity contribution is -0.116. The number of nitrogens with one attached hydrogen (secondary N) is 2. The maximum absolute atomic E-state index is 11.3. The van der Waals surface area contributed by atoms with Crippen LogP contribution >= 0.6 is 0 Å². The Morgan fingerprint density at radius 2 is 2.25 bits per heavy atom. The van der Waals surface area contributed by atoms with Crippen molar-refractivity contribution in [2.24, 2.45) is 11.7 Å². The lowest BCUT2D eigenvalue weighted by Gasteiger charge is -2.24. The second-order valence-electron chi connectivity index (χ2n) is 4.99. The van der Waals surface area contributed by atoms with Crippen LogP contribution in [0.1, 0.15) is 13.8 Å².